The number of nitrogens with zero attached hydrogens (tertiary/aromatic N) is 3. The average Bonchev–Trinajstić information content (AvgIpc) is 2.35. The predicted molar refractivity (Wildman–Crippen MR) is 79.4 cm³/mol. The van der Waals surface area contributed by atoms with Crippen LogP contribution in [-0.4, -0.2) is 39.5 Å². The maximum absolute atomic E-state index is 6.09. The third kappa shape index (κ3) is 3.48. The van der Waals surface area contributed by atoms with Gasteiger partial charge in [-0.3, -0.25) is 4.90 Å². The number of hydrogen-bond acceptors (Lipinski definition) is 5. The second kappa shape index (κ2) is 5.51. The number of rotatable bonds is 2. The lowest BCUT2D eigenvalue weighted by Gasteiger charge is -2.41. The number of halogens is 1. The van der Waals surface area contributed by atoms with Crippen LogP contribution in [0.15, 0.2) is 6.33 Å². The van der Waals surface area contributed by atoms with Gasteiger partial charge in [0.25, 0.3) is 0 Å². The molecule has 3 N–H and O–H groups in total. The van der Waals surface area contributed by atoms with E-state index in [-0.39, 0.29) is 5.54 Å². The lowest BCUT2D eigenvalue weighted by atomic mass is 9.98. The third-order valence-electron chi connectivity index (χ3n) is 3.60. The van der Waals surface area contributed by atoms with Gasteiger partial charge in [-0.15, -0.1) is 0 Å². The molecule has 1 saturated heterocycles. The Morgan fingerprint density at radius 1 is 1.32 bits per heavy atom. The molecule has 5 nitrogen and oxygen atoms in total. The number of anilines is 2. The Kier molecular flexibility index (Phi) is 4.16. The molecule has 6 heteroatoms. The van der Waals surface area contributed by atoms with Crippen molar-refractivity contribution >= 4 is 23.2 Å². The Morgan fingerprint density at radius 3 is 2.53 bits per heavy atom. The van der Waals surface area contributed by atoms with Crippen molar-refractivity contribution in [1.29, 1.82) is 0 Å². The van der Waals surface area contributed by atoms with Gasteiger partial charge in [0.1, 0.15) is 17.2 Å². The number of nitrogens with two attached hydrogens (primary N) is 1. The van der Waals surface area contributed by atoms with Crippen LogP contribution < -0.4 is 11.1 Å². The van der Waals surface area contributed by atoms with Crippen LogP contribution in [0, 0.1) is 0 Å². The van der Waals surface area contributed by atoms with Gasteiger partial charge in [0.05, 0.1) is 0 Å². The average molecular weight is 284 g/mol. The van der Waals surface area contributed by atoms with Crippen LogP contribution in [0.4, 0.5) is 11.6 Å². The minimum absolute atomic E-state index is 0.238. The Hall–Kier alpha value is -1.07. The normalized spacial score (nSPS) is 18.5. The quantitative estimate of drug-likeness (QED) is 0.872. The lowest BCUT2D eigenvalue weighted by molar-refractivity contribution is 0.106. The first-order valence-corrected chi connectivity index (χ1v) is 7.03. The number of aromatic nitrogens is 2. The highest BCUT2D eigenvalue weighted by Gasteiger charge is 2.27. The zero-order valence-electron chi connectivity index (χ0n) is 11.8. The van der Waals surface area contributed by atoms with Crippen molar-refractivity contribution in [2.75, 3.05) is 24.1 Å². The summed E-state index contributed by atoms with van der Waals surface area (Å²) >= 11 is 6.09. The lowest BCUT2D eigenvalue weighted by Crippen LogP contribution is -2.48. The van der Waals surface area contributed by atoms with Gasteiger partial charge in [-0.1, -0.05) is 11.6 Å². The Bertz CT molecular complexity index is 435. The second-order valence-corrected chi connectivity index (χ2v) is 6.38. The molecule has 0 aliphatic carbocycles. The number of piperidine rings is 1. The Balaban J connectivity index is 1.94. The van der Waals surface area contributed by atoms with Crippen molar-refractivity contribution in [3.05, 3.63) is 11.3 Å². The predicted octanol–water partition coefficient (Wildman–Crippen LogP) is 2.39. The number of nitrogens with one attached hydrogen (secondary N) is 1. The summed E-state index contributed by atoms with van der Waals surface area (Å²) in [6, 6.07) is 0.394. The van der Waals surface area contributed by atoms with Gasteiger partial charge in [-0.25, -0.2) is 9.97 Å². The van der Waals surface area contributed by atoms with E-state index < -0.39 is 0 Å². The largest absolute Gasteiger partial charge is 0.382 e. The van der Waals surface area contributed by atoms with Crippen molar-refractivity contribution in [3.63, 3.8) is 0 Å². The molecule has 2 rings (SSSR count). The Labute approximate surface area is 119 Å². The van der Waals surface area contributed by atoms with Gasteiger partial charge < -0.3 is 11.1 Å². The Morgan fingerprint density at radius 2 is 1.95 bits per heavy atom. The molecule has 0 unspecified atom stereocenters. The molecular weight excluding hydrogens is 262 g/mol. The van der Waals surface area contributed by atoms with E-state index in [2.05, 4.69) is 41.0 Å². The molecule has 1 aromatic rings. The topological polar surface area (TPSA) is 67.1 Å². The van der Waals surface area contributed by atoms with Gasteiger partial charge in [-0.2, -0.15) is 0 Å². The number of hydrogen-bond donors (Lipinski definition) is 2. The summed E-state index contributed by atoms with van der Waals surface area (Å²) in [5.41, 5.74) is 5.91. The molecule has 0 atom stereocenters. The second-order valence-electron chi connectivity index (χ2n) is 6.00. The van der Waals surface area contributed by atoms with E-state index >= 15 is 0 Å². The molecule has 1 aliphatic heterocycles. The third-order valence-corrected chi connectivity index (χ3v) is 3.97. The van der Waals surface area contributed by atoms with Crippen molar-refractivity contribution in [2.24, 2.45) is 0 Å². The highest BCUT2D eigenvalue weighted by atomic mass is 35.5. The minimum Gasteiger partial charge on any atom is -0.382 e. The summed E-state index contributed by atoms with van der Waals surface area (Å²) in [7, 11) is 0. The molecule has 0 aromatic carbocycles. The maximum Gasteiger partial charge on any atom is 0.150 e. The van der Waals surface area contributed by atoms with E-state index in [0.717, 1.165) is 25.9 Å². The molecule has 106 valence electrons. The molecular formula is C13H22ClN5. The molecule has 1 aliphatic rings. The molecule has 0 radical (unpaired) electrons. The highest BCUT2D eigenvalue weighted by Crippen LogP contribution is 2.27. The first-order valence-electron chi connectivity index (χ1n) is 6.65. The van der Waals surface area contributed by atoms with Gasteiger partial charge in [-0.05, 0) is 33.6 Å². The van der Waals surface area contributed by atoms with E-state index in [1.165, 1.54) is 6.33 Å². The van der Waals surface area contributed by atoms with E-state index in [9.17, 15) is 0 Å². The van der Waals surface area contributed by atoms with Crippen LogP contribution in [-0.2, 0) is 0 Å². The van der Waals surface area contributed by atoms with Crippen molar-refractivity contribution in [3.8, 4) is 0 Å². The first-order chi connectivity index (χ1) is 8.88. The fraction of sp³-hybridized carbons (Fsp3) is 0.692. The van der Waals surface area contributed by atoms with Gasteiger partial charge >= 0.3 is 0 Å². The maximum atomic E-state index is 6.09. The van der Waals surface area contributed by atoms with E-state index in [1.807, 2.05) is 0 Å². The summed E-state index contributed by atoms with van der Waals surface area (Å²) in [6.07, 6.45) is 3.60. The summed E-state index contributed by atoms with van der Waals surface area (Å²) in [4.78, 5) is 10.5. The molecule has 0 amide bonds. The zero-order valence-corrected chi connectivity index (χ0v) is 12.5. The summed E-state index contributed by atoms with van der Waals surface area (Å²) < 4.78 is 0. The van der Waals surface area contributed by atoms with Crippen molar-refractivity contribution in [1.82, 2.24) is 14.9 Å². The zero-order chi connectivity index (χ0) is 14.0. The van der Waals surface area contributed by atoms with Gasteiger partial charge in [0, 0.05) is 24.7 Å². The molecule has 1 aromatic heterocycles. The van der Waals surface area contributed by atoms with E-state index in [1.54, 1.807) is 0 Å². The van der Waals surface area contributed by atoms with Crippen molar-refractivity contribution < 1.29 is 0 Å². The van der Waals surface area contributed by atoms with Crippen LogP contribution in [0.1, 0.15) is 33.6 Å². The molecule has 2 heterocycles. The standard InChI is InChI=1S/C13H22ClN5/c1-13(2,3)19-6-4-9(5-7-19)18-12-10(14)11(15)16-8-17-12/h8-9H,4-7H2,1-3H3,(H3,15,16,17,18). The van der Waals surface area contributed by atoms with Gasteiger partial charge in [0.2, 0.25) is 0 Å². The molecule has 19 heavy (non-hydrogen) atoms. The molecule has 0 spiro atoms. The highest BCUT2D eigenvalue weighted by molar-refractivity contribution is 6.35. The monoisotopic (exact) mass is 283 g/mol. The fourth-order valence-electron chi connectivity index (χ4n) is 2.37. The van der Waals surface area contributed by atoms with Crippen molar-refractivity contribution in [2.45, 2.75) is 45.2 Å². The smallest absolute Gasteiger partial charge is 0.150 e. The minimum atomic E-state index is 0.238. The van der Waals surface area contributed by atoms with E-state index in [4.69, 9.17) is 17.3 Å². The molecule has 0 saturated carbocycles. The van der Waals surface area contributed by atoms with Gasteiger partial charge in [0.15, 0.2) is 5.82 Å². The van der Waals surface area contributed by atoms with E-state index in [0.29, 0.717) is 22.7 Å². The summed E-state index contributed by atoms with van der Waals surface area (Å²) in [5, 5.41) is 3.79. The van der Waals surface area contributed by atoms with Crippen LogP contribution in [0.2, 0.25) is 5.02 Å². The fourth-order valence-corrected chi connectivity index (χ4v) is 2.52. The number of nitrogen functional groups attached to an aromatic ring is 1. The van der Waals surface area contributed by atoms with Crippen LogP contribution in [0.25, 0.3) is 0 Å². The SMILES string of the molecule is CC(C)(C)N1CCC(Nc2ncnc(N)c2Cl)CC1. The molecule has 0 bridgehead atoms. The first kappa shape index (κ1) is 14.3. The summed E-state index contributed by atoms with van der Waals surface area (Å²) in [6.45, 7) is 8.92. The van der Waals surface area contributed by atoms with Crippen LogP contribution in [0.5, 0.6) is 0 Å². The van der Waals surface area contributed by atoms with Crippen LogP contribution in [0.3, 0.4) is 0 Å². The van der Waals surface area contributed by atoms with Crippen LogP contribution >= 0.6 is 11.6 Å². The number of likely N-dealkylation sites (tertiary alicyclic amines) is 1. The molecule has 1 fully saturated rings. The summed E-state index contributed by atoms with van der Waals surface area (Å²) in [5.74, 6) is 0.967.